The lowest BCUT2D eigenvalue weighted by atomic mass is 9.72. The number of ether oxygens (including phenoxy) is 4. The summed E-state index contributed by atoms with van der Waals surface area (Å²) in [5.74, 6) is -0.718. The molecule has 0 bridgehead atoms. The van der Waals surface area contributed by atoms with E-state index in [1.54, 1.807) is 0 Å². The minimum atomic E-state index is -0.663. The fraction of sp³-hybridized carbons (Fsp3) is 0.458. The molecule has 1 saturated heterocycles. The van der Waals surface area contributed by atoms with Gasteiger partial charge in [-0.1, -0.05) is 60.7 Å². The zero-order valence-corrected chi connectivity index (χ0v) is 16.7. The molecule has 0 amide bonds. The molecule has 0 N–H and O–H groups in total. The first-order valence-corrected chi connectivity index (χ1v) is 10.3. The van der Waals surface area contributed by atoms with Crippen LogP contribution < -0.4 is 0 Å². The molecule has 1 aliphatic carbocycles. The normalized spacial score (nSPS) is 19.9. The van der Waals surface area contributed by atoms with E-state index in [0.29, 0.717) is 52.1 Å². The van der Waals surface area contributed by atoms with Gasteiger partial charge in [0.15, 0.2) is 5.79 Å². The van der Waals surface area contributed by atoms with Crippen LogP contribution in [0.1, 0.15) is 36.8 Å². The predicted molar refractivity (Wildman–Crippen MR) is 108 cm³/mol. The van der Waals surface area contributed by atoms with Crippen LogP contribution in [0.2, 0.25) is 0 Å². The summed E-state index contributed by atoms with van der Waals surface area (Å²) < 4.78 is 23.4. The van der Waals surface area contributed by atoms with E-state index in [2.05, 4.69) is 0 Å². The lowest BCUT2D eigenvalue weighted by Gasteiger charge is -2.41. The average molecular weight is 396 g/mol. The summed E-state index contributed by atoms with van der Waals surface area (Å²) in [6.45, 7) is 2.34. The molecule has 5 heteroatoms. The van der Waals surface area contributed by atoms with Crippen molar-refractivity contribution in [2.24, 2.45) is 5.41 Å². The quantitative estimate of drug-likeness (QED) is 0.655. The number of hydrogen-bond donors (Lipinski definition) is 0. The molecule has 2 aromatic carbocycles. The number of carbonyl (C=O) groups excluding carboxylic acids is 1. The van der Waals surface area contributed by atoms with Crippen LogP contribution in [0.15, 0.2) is 60.7 Å². The molecule has 2 aliphatic rings. The van der Waals surface area contributed by atoms with Gasteiger partial charge in [0, 0.05) is 12.8 Å². The third kappa shape index (κ3) is 4.86. The largest absolute Gasteiger partial charge is 0.460 e. The molecule has 1 saturated carbocycles. The van der Waals surface area contributed by atoms with Gasteiger partial charge in [0.1, 0.15) is 6.61 Å². The molecule has 5 nitrogen and oxygen atoms in total. The summed E-state index contributed by atoms with van der Waals surface area (Å²) in [6, 6.07) is 19.8. The van der Waals surface area contributed by atoms with Crippen molar-refractivity contribution in [1.29, 1.82) is 0 Å². The van der Waals surface area contributed by atoms with Gasteiger partial charge in [-0.05, 0) is 24.0 Å². The van der Waals surface area contributed by atoms with Crippen molar-refractivity contribution >= 4 is 5.97 Å². The maximum atomic E-state index is 13.2. The first-order chi connectivity index (χ1) is 14.2. The van der Waals surface area contributed by atoms with Gasteiger partial charge >= 0.3 is 5.97 Å². The van der Waals surface area contributed by atoms with Crippen molar-refractivity contribution in [3.05, 3.63) is 71.8 Å². The third-order valence-electron chi connectivity index (χ3n) is 5.92. The molecular weight excluding hydrogens is 368 g/mol. The highest BCUT2D eigenvalue weighted by Crippen LogP contribution is 2.46. The Hall–Kier alpha value is -2.21. The molecule has 1 heterocycles. The van der Waals surface area contributed by atoms with Gasteiger partial charge in [-0.3, -0.25) is 4.79 Å². The van der Waals surface area contributed by atoms with E-state index in [1.165, 1.54) is 0 Å². The third-order valence-corrected chi connectivity index (χ3v) is 5.92. The fourth-order valence-corrected chi connectivity index (χ4v) is 4.12. The maximum absolute atomic E-state index is 13.2. The molecule has 0 aromatic heterocycles. The Morgan fingerprint density at radius 2 is 1.34 bits per heavy atom. The van der Waals surface area contributed by atoms with Crippen molar-refractivity contribution in [2.45, 2.75) is 44.7 Å². The molecule has 4 rings (SSSR count). The Labute approximate surface area is 171 Å². The van der Waals surface area contributed by atoms with Gasteiger partial charge in [0.2, 0.25) is 0 Å². The lowest BCUT2D eigenvalue weighted by molar-refractivity contribution is -0.205. The SMILES string of the molecule is O=C(OCc1ccccc1)C1(COCc2ccccc2)CCC2(CC1)OCCO2. The Balaban J connectivity index is 1.41. The van der Waals surface area contributed by atoms with E-state index < -0.39 is 11.2 Å². The monoisotopic (exact) mass is 396 g/mol. The van der Waals surface area contributed by atoms with E-state index in [9.17, 15) is 4.79 Å². The fourth-order valence-electron chi connectivity index (χ4n) is 4.12. The summed E-state index contributed by atoms with van der Waals surface area (Å²) in [5.41, 5.74) is 1.41. The van der Waals surface area contributed by atoms with Crippen LogP contribution in [-0.2, 0) is 37.0 Å². The first-order valence-electron chi connectivity index (χ1n) is 10.3. The summed E-state index contributed by atoms with van der Waals surface area (Å²) in [6.07, 6.45) is 2.63. The topological polar surface area (TPSA) is 54.0 Å². The molecule has 0 unspecified atom stereocenters. The number of benzene rings is 2. The van der Waals surface area contributed by atoms with Crippen LogP contribution in [0.3, 0.4) is 0 Å². The minimum absolute atomic E-state index is 0.192. The number of esters is 1. The second-order valence-electron chi connectivity index (χ2n) is 7.93. The van der Waals surface area contributed by atoms with Gasteiger partial charge in [0.05, 0.1) is 31.8 Å². The van der Waals surface area contributed by atoms with Gasteiger partial charge in [-0.2, -0.15) is 0 Å². The highest BCUT2D eigenvalue weighted by Gasteiger charge is 2.50. The summed E-state index contributed by atoms with van der Waals surface area (Å²) in [5, 5.41) is 0. The van der Waals surface area contributed by atoms with Crippen molar-refractivity contribution in [2.75, 3.05) is 19.8 Å². The molecule has 1 spiro atoms. The molecule has 154 valence electrons. The van der Waals surface area contributed by atoms with E-state index in [0.717, 1.165) is 11.1 Å². The second-order valence-corrected chi connectivity index (χ2v) is 7.93. The van der Waals surface area contributed by atoms with E-state index in [4.69, 9.17) is 18.9 Å². The standard InChI is InChI=1S/C24H28O5/c25-22(27-18-21-9-5-2-6-10-21)23(19-26-17-20-7-3-1-4-8-20)11-13-24(14-12-23)28-15-16-29-24/h1-10H,11-19H2. The summed E-state index contributed by atoms with van der Waals surface area (Å²) in [4.78, 5) is 13.2. The number of rotatable bonds is 7. The van der Waals surface area contributed by atoms with E-state index in [-0.39, 0.29) is 12.6 Å². The van der Waals surface area contributed by atoms with Gasteiger partial charge in [0.25, 0.3) is 0 Å². The molecular formula is C24H28O5. The van der Waals surface area contributed by atoms with Crippen molar-refractivity contribution in [3.63, 3.8) is 0 Å². The van der Waals surface area contributed by atoms with Crippen LogP contribution in [0.4, 0.5) is 0 Å². The predicted octanol–water partition coefficient (Wildman–Crippen LogP) is 4.25. The molecule has 1 aliphatic heterocycles. The molecule has 0 atom stereocenters. The zero-order valence-electron chi connectivity index (χ0n) is 16.7. The summed E-state index contributed by atoms with van der Waals surface area (Å²) >= 11 is 0. The number of hydrogen-bond acceptors (Lipinski definition) is 5. The minimum Gasteiger partial charge on any atom is -0.460 e. The van der Waals surface area contributed by atoms with Crippen molar-refractivity contribution < 1.29 is 23.7 Å². The van der Waals surface area contributed by atoms with Gasteiger partial charge < -0.3 is 18.9 Å². The smallest absolute Gasteiger partial charge is 0.314 e. The van der Waals surface area contributed by atoms with Gasteiger partial charge in [-0.15, -0.1) is 0 Å². The zero-order chi connectivity index (χ0) is 20.0. The Morgan fingerprint density at radius 3 is 1.93 bits per heavy atom. The first kappa shape index (κ1) is 20.1. The van der Waals surface area contributed by atoms with Crippen LogP contribution in [0.25, 0.3) is 0 Å². The lowest BCUT2D eigenvalue weighted by Crippen LogP contribution is -2.46. The van der Waals surface area contributed by atoms with Crippen molar-refractivity contribution in [1.82, 2.24) is 0 Å². The molecule has 2 fully saturated rings. The molecule has 0 radical (unpaired) electrons. The highest BCUT2D eigenvalue weighted by atomic mass is 16.7. The van der Waals surface area contributed by atoms with Crippen LogP contribution in [-0.4, -0.2) is 31.6 Å². The molecule has 29 heavy (non-hydrogen) atoms. The number of carbonyl (C=O) groups is 1. The van der Waals surface area contributed by atoms with E-state index >= 15 is 0 Å². The maximum Gasteiger partial charge on any atom is 0.314 e. The van der Waals surface area contributed by atoms with Crippen LogP contribution in [0.5, 0.6) is 0 Å². The van der Waals surface area contributed by atoms with Crippen LogP contribution >= 0.6 is 0 Å². The average Bonchev–Trinajstić information content (AvgIpc) is 3.23. The Kier molecular flexibility index (Phi) is 6.28. The van der Waals surface area contributed by atoms with Crippen LogP contribution in [0, 0.1) is 5.41 Å². The highest BCUT2D eigenvalue weighted by molar-refractivity contribution is 5.77. The molecule has 2 aromatic rings. The van der Waals surface area contributed by atoms with E-state index in [1.807, 2.05) is 60.7 Å². The summed E-state index contributed by atoms with van der Waals surface area (Å²) in [7, 11) is 0. The second kappa shape index (κ2) is 9.08. The Morgan fingerprint density at radius 1 is 0.793 bits per heavy atom. The van der Waals surface area contributed by atoms with Gasteiger partial charge in [-0.25, -0.2) is 0 Å². The Bertz CT molecular complexity index is 773. The van der Waals surface area contributed by atoms with Crippen molar-refractivity contribution in [3.8, 4) is 0 Å².